The van der Waals surface area contributed by atoms with Gasteiger partial charge in [0.15, 0.2) is 5.82 Å². The van der Waals surface area contributed by atoms with Crippen LogP contribution in [0.25, 0.3) is 0 Å². The van der Waals surface area contributed by atoms with E-state index in [1.807, 2.05) is 19.3 Å². The van der Waals surface area contributed by atoms with Gasteiger partial charge in [0.2, 0.25) is 0 Å². The summed E-state index contributed by atoms with van der Waals surface area (Å²) in [5.41, 5.74) is 0. The van der Waals surface area contributed by atoms with E-state index in [1.165, 1.54) is 0 Å². The molecule has 1 fully saturated rings. The minimum atomic E-state index is -3.34. The average Bonchev–Trinajstić information content (AvgIpc) is 2.63. The summed E-state index contributed by atoms with van der Waals surface area (Å²) in [7, 11) is -1.46. The average molecular weight is 259 g/mol. The normalized spacial score (nSPS) is 18.6. The van der Waals surface area contributed by atoms with E-state index in [9.17, 15) is 8.42 Å². The Hall–Kier alpha value is -1.08. The molecule has 2 heterocycles. The predicted octanol–water partition coefficient (Wildman–Crippen LogP) is 0.365. The van der Waals surface area contributed by atoms with Gasteiger partial charge in [0.25, 0.3) is 10.1 Å². The largest absolute Gasteiger partial charge is 0.355 e. The zero-order valence-corrected chi connectivity index (χ0v) is 10.9. The number of rotatable bonds is 3. The minimum absolute atomic E-state index is 0.190. The Morgan fingerprint density at radius 3 is 2.53 bits per heavy atom. The van der Waals surface area contributed by atoms with Crippen molar-refractivity contribution < 1.29 is 12.6 Å². The van der Waals surface area contributed by atoms with Gasteiger partial charge < -0.3 is 4.90 Å². The Morgan fingerprint density at radius 2 is 2.06 bits per heavy atom. The second kappa shape index (κ2) is 4.66. The van der Waals surface area contributed by atoms with Crippen LogP contribution in [0.3, 0.4) is 0 Å². The molecule has 17 heavy (non-hydrogen) atoms. The number of anilines is 1. The molecule has 96 valence electrons. The molecule has 1 aromatic rings. The highest BCUT2D eigenvalue weighted by molar-refractivity contribution is 7.86. The smallest absolute Gasteiger partial charge is 0.264 e. The molecule has 2 rings (SSSR count). The van der Waals surface area contributed by atoms with Gasteiger partial charge in [0, 0.05) is 32.4 Å². The summed E-state index contributed by atoms with van der Waals surface area (Å²) in [6, 6.07) is 1.96. The fraction of sp³-hybridized carbons (Fsp3) is 0.700. The van der Waals surface area contributed by atoms with E-state index in [4.69, 9.17) is 4.18 Å². The van der Waals surface area contributed by atoms with Crippen LogP contribution in [0.1, 0.15) is 12.8 Å². The van der Waals surface area contributed by atoms with E-state index in [0.29, 0.717) is 12.8 Å². The molecule has 1 aromatic heterocycles. The van der Waals surface area contributed by atoms with Crippen LogP contribution in [0, 0.1) is 0 Å². The maximum absolute atomic E-state index is 11.0. The molecule has 1 saturated heterocycles. The maximum atomic E-state index is 11.0. The van der Waals surface area contributed by atoms with Gasteiger partial charge in [0.1, 0.15) is 0 Å². The highest BCUT2D eigenvalue weighted by atomic mass is 32.2. The van der Waals surface area contributed by atoms with E-state index < -0.39 is 10.1 Å². The molecule has 6 nitrogen and oxygen atoms in total. The fourth-order valence-electron chi connectivity index (χ4n) is 2.00. The summed E-state index contributed by atoms with van der Waals surface area (Å²) in [6.07, 6.45) is 4.23. The third kappa shape index (κ3) is 3.44. The number of aromatic nitrogens is 2. The van der Waals surface area contributed by atoms with Gasteiger partial charge in [-0.05, 0) is 12.8 Å². The standard InChI is InChI=1S/C10H17N3O3S/c1-12-6-5-10(11-12)13-7-3-9(4-8-13)16-17(2,14)15/h5-6,9H,3-4,7-8H2,1-2H3. The van der Waals surface area contributed by atoms with Crippen molar-refractivity contribution in [1.82, 2.24) is 9.78 Å². The minimum Gasteiger partial charge on any atom is -0.355 e. The molecule has 0 atom stereocenters. The van der Waals surface area contributed by atoms with E-state index in [2.05, 4.69) is 10.00 Å². The summed E-state index contributed by atoms with van der Waals surface area (Å²) in [6.45, 7) is 1.55. The number of hydrogen-bond donors (Lipinski definition) is 0. The van der Waals surface area contributed by atoms with Crippen molar-refractivity contribution in [3.8, 4) is 0 Å². The lowest BCUT2D eigenvalue weighted by Gasteiger charge is -2.31. The van der Waals surface area contributed by atoms with Gasteiger partial charge in [-0.15, -0.1) is 0 Å². The highest BCUT2D eigenvalue weighted by Crippen LogP contribution is 2.20. The third-order valence-electron chi connectivity index (χ3n) is 2.78. The molecule has 1 aliphatic heterocycles. The summed E-state index contributed by atoms with van der Waals surface area (Å²) in [4.78, 5) is 2.14. The van der Waals surface area contributed by atoms with E-state index in [0.717, 1.165) is 25.2 Å². The molecule has 0 bridgehead atoms. The van der Waals surface area contributed by atoms with Crippen molar-refractivity contribution >= 4 is 15.9 Å². The summed E-state index contributed by atoms with van der Waals surface area (Å²) < 4.78 is 28.8. The highest BCUT2D eigenvalue weighted by Gasteiger charge is 2.23. The van der Waals surface area contributed by atoms with E-state index in [1.54, 1.807) is 4.68 Å². The molecular formula is C10H17N3O3S. The molecule has 0 saturated carbocycles. The second-order valence-corrected chi connectivity index (χ2v) is 5.94. The first-order valence-corrected chi connectivity index (χ1v) is 7.38. The summed E-state index contributed by atoms with van der Waals surface area (Å²) in [5, 5.41) is 4.32. The molecule has 0 unspecified atom stereocenters. The van der Waals surface area contributed by atoms with Crippen LogP contribution in [0.15, 0.2) is 12.3 Å². The van der Waals surface area contributed by atoms with Gasteiger partial charge in [-0.25, -0.2) is 0 Å². The number of aryl methyl sites for hydroxylation is 1. The topological polar surface area (TPSA) is 64.4 Å². The molecule has 1 aliphatic rings. The summed E-state index contributed by atoms with van der Waals surface area (Å²) >= 11 is 0. The molecular weight excluding hydrogens is 242 g/mol. The molecule has 0 N–H and O–H groups in total. The number of hydrogen-bond acceptors (Lipinski definition) is 5. The Morgan fingerprint density at radius 1 is 1.41 bits per heavy atom. The monoisotopic (exact) mass is 259 g/mol. The van der Waals surface area contributed by atoms with Crippen LogP contribution in [-0.4, -0.2) is 43.6 Å². The van der Waals surface area contributed by atoms with Crippen LogP contribution in [0.4, 0.5) is 5.82 Å². The van der Waals surface area contributed by atoms with E-state index >= 15 is 0 Å². The van der Waals surface area contributed by atoms with Gasteiger partial charge in [-0.3, -0.25) is 8.86 Å². The second-order valence-electron chi connectivity index (χ2n) is 4.33. The van der Waals surface area contributed by atoms with Crippen molar-refractivity contribution in [2.45, 2.75) is 18.9 Å². The molecule has 0 amide bonds. The Balaban J connectivity index is 1.90. The Labute approximate surface area is 101 Å². The number of piperidine rings is 1. The van der Waals surface area contributed by atoms with Gasteiger partial charge >= 0.3 is 0 Å². The fourth-order valence-corrected chi connectivity index (χ4v) is 2.69. The van der Waals surface area contributed by atoms with Crippen LogP contribution in [0.2, 0.25) is 0 Å². The first-order chi connectivity index (χ1) is 7.94. The molecule has 0 radical (unpaired) electrons. The Bertz CT molecular complexity index is 475. The van der Waals surface area contributed by atoms with Gasteiger partial charge in [-0.2, -0.15) is 13.5 Å². The maximum Gasteiger partial charge on any atom is 0.264 e. The predicted molar refractivity (Wildman–Crippen MR) is 64.4 cm³/mol. The lowest BCUT2D eigenvalue weighted by atomic mass is 10.1. The van der Waals surface area contributed by atoms with Crippen molar-refractivity contribution in [2.75, 3.05) is 24.2 Å². The van der Waals surface area contributed by atoms with Gasteiger partial charge in [0.05, 0.1) is 12.4 Å². The van der Waals surface area contributed by atoms with Crippen molar-refractivity contribution in [2.24, 2.45) is 7.05 Å². The summed E-state index contributed by atoms with van der Waals surface area (Å²) in [5.74, 6) is 0.935. The van der Waals surface area contributed by atoms with Crippen LogP contribution < -0.4 is 4.90 Å². The quantitative estimate of drug-likeness (QED) is 0.734. The number of nitrogens with zero attached hydrogens (tertiary/aromatic N) is 3. The van der Waals surface area contributed by atoms with Gasteiger partial charge in [-0.1, -0.05) is 0 Å². The SMILES string of the molecule is Cn1ccc(N2CCC(OS(C)(=O)=O)CC2)n1. The zero-order valence-electron chi connectivity index (χ0n) is 10.0. The third-order valence-corrected chi connectivity index (χ3v) is 3.40. The van der Waals surface area contributed by atoms with Crippen molar-refractivity contribution in [3.05, 3.63) is 12.3 Å². The molecule has 0 aliphatic carbocycles. The Kier molecular flexibility index (Phi) is 3.39. The molecule has 0 spiro atoms. The first-order valence-electron chi connectivity index (χ1n) is 5.57. The lowest BCUT2D eigenvalue weighted by Crippen LogP contribution is -2.38. The van der Waals surface area contributed by atoms with Crippen LogP contribution in [-0.2, 0) is 21.3 Å². The lowest BCUT2D eigenvalue weighted by molar-refractivity contribution is 0.180. The van der Waals surface area contributed by atoms with Crippen molar-refractivity contribution in [1.29, 1.82) is 0 Å². The van der Waals surface area contributed by atoms with E-state index in [-0.39, 0.29) is 6.10 Å². The molecule has 0 aromatic carbocycles. The van der Waals surface area contributed by atoms with Crippen LogP contribution in [0.5, 0.6) is 0 Å². The molecule has 7 heteroatoms. The van der Waals surface area contributed by atoms with Crippen molar-refractivity contribution in [3.63, 3.8) is 0 Å². The zero-order chi connectivity index (χ0) is 12.5. The first kappa shape index (κ1) is 12.4. The van der Waals surface area contributed by atoms with Crippen LogP contribution >= 0.6 is 0 Å².